The maximum Gasteiger partial charge on any atom is 0.266 e. The smallest absolute Gasteiger partial charge is 0.266 e. The molecule has 3 aromatic rings. The van der Waals surface area contributed by atoms with E-state index >= 15 is 0 Å². The predicted molar refractivity (Wildman–Crippen MR) is 149 cm³/mol. The van der Waals surface area contributed by atoms with E-state index in [-0.39, 0.29) is 18.2 Å². The number of thioether (sulfide) groups is 1. The summed E-state index contributed by atoms with van der Waals surface area (Å²) in [5.74, 6) is -0.147. The second-order valence-corrected chi connectivity index (χ2v) is 11.5. The van der Waals surface area contributed by atoms with Gasteiger partial charge in [0.2, 0.25) is 5.91 Å². The Labute approximate surface area is 223 Å². The van der Waals surface area contributed by atoms with Crippen LogP contribution in [-0.4, -0.2) is 27.6 Å². The van der Waals surface area contributed by atoms with Crippen molar-refractivity contribution in [3.05, 3.63) is 87.8 Å². The Morgan fingerprint density at radius 3 is 2.54 bits per heavy atom. The number of thiocarbonyl (C=S) groups is 1. The summed E-state index contributed by atoms with van der Waals surface area (Å²) in [4.78, 5) is 32.3. The molecule has 2 aliphatic rings. The zero-order valence-electron chi connectivity index (χ0n) is 18.9. The average molecular weight is 537 g/mol. The van der Waals surface area contributed by atoms with E-state index in [1.165, 1.54) is 17.3 Å². The molecule has 2 aliphatic heterocycles. The molecule has 5 rings (SSSR count). The van der Waals surface area contributed by atoms with Gasteiger partial charge in [-0.2, -0.15) is 0 Å². The normalized spacial score (nSPS) is 16.0. The van der Waals surface area contributed by atoms with Crippen LogP contribution in [0, 0.1) is 6.92 Å². The number of hydrogen-bond acceptors (Lipinski definition) is 5. The van der Waals surface area contributed by atoms with Crippen LogP contribution in [0.15, 0.2) is 81.4 Å². The molecule has 0 spiro atoms. The van der Waals surface area contributed by atoms with Crippen molar-refractivity contribution < 1.29 is 9.59 Å². The highest BCUT2D eigenvalue weighted by atomic mass is 35.5. The third-order valence-electron chi connectivity index (χ3n) is 5.76. The number of para-hydroxylation sites is 1. The topological polar surface area (TPSA) is 40.6 Å². The molecule has 0 atom stereocenters. The van der Waals surface area contributed by atoms with Crippen molar-refractivity contribution in [2.24, 2.45) is 0 Å². The molecule has 0 N–H and O–H groups in total. The highest BCUT2D eigenvalue weighted by Crippen LogP contribution is 2.49. The molecule has 1 saturated heterocycles. The lowest BCUT2D eigenvalue weighted by Gasteiger charge is -2.31. The minimum absolute atomic E-state index is 0.0399. The Kier molecular flexibility index (Phi) is 7.02. The van der Waals surface area contributed by atoms with Crippen molar-refractivity contribution in [3.8, 4) is 0 Å². The second-order valence-electron chi connectivity index (χ2n) is 8.26. The number of fused-ring (bicyclic) bond motifs is 2. The van der Waals surface area contributed by atoms with Gasteiger partial charge >= 0.3 is 0 Å². The number of aryl methyl sites for hydroxylation is 1. The Balaban J connectivity index is 1.28. The van der Waals surface area contributed by atoms with Crippen LogP contribution in [0.5, 0.6) is 0 Å². The summed E-state index contributed by atoms with van der Waals surface area (Å²) in [7, 11) is 0. The second kappa shape index (κ2) is 10.2. The first-order chi connectivity index (χ1) is 16.9. The van der Waals surface area contributed by atoms with E-state index in [1.54, 1.807) is 21.6 Å². The van der Waals surface area contributed by atoms with Gasteiger partial charge in [0.1, 0.15) is 4.32 Å². The van der Waals surface area contributed by atoms with E-state index in [9.17, 15) is 9.59 Å². The third kappa shape index (κ3) is 5.05. The van der Waals surface area contributed by atoms with E-state index in [0.29, 0.717) is 27.2 Å². The maximum atomic E-state index is 13.4. The van der Waals surface area contributed by atoms with Crippen LogP contribution in [0.4, 0.5) is 11.4 Å². The molecular formula is C27H21ClN2O2S3. The van der Waals surface area contributed by atoms with E-state index in [2.05, 4.69) is 0 Å². The molecule has 0 unspecified atom stereocenters. The minimum atomic E-state index is -0.107. The summed E-state index contributed by atoms with van der Waals surface area (Å²) in [5.41, 5.74) is 3.77. The van der Waals surface area contributed by atoms with Gasteiger partial charge in [-0.3, -0.25) is 19.4 Å². The molecule has 0 saturated carbocycles. The molecule has 0 radical (unpaired) electrons. The maximum absolute atomic E-state index is 13.4. The first kappa shape index (κ1) is 24.1. The third-order valence-corrected chi connectivity index (χ3v) is 8.50. The van der Waals surface area contributed by atoms with Crippen LogP contribution in [0.2, 0.25) is 5.02 Å². The average Bonchev–Trinajstić information content (AvgIpc) is 3.11. The lowest BCUT2D eigenvalue weighted by molar-refractivity contribution is -0.123. The number of amides is 2. The largest absolute Gasteiger partial charge is 0.293 e. The SMILES string of the molecule is Cc1ccc(C=C2SC(=S)N(CCCC(=O)N3c4ccccc4Sc4ccc(Cl)cc43)C2=O)cc1. The first-order valence-electron chi connectivity index (χ1n) is 11.1. The molecule has 2 heterocycles. The molecule has 4 nitrogen and oxygen atoms in total. The zero-order chi connectivity index (χ0) is 24.5. The monoisotopic (exact) mass is 536 g/mol. The van der Waals surface area contributed by atoms with Crippen molar-refractivity contribution in [2.45, 2.75) is 29.6 Å². The molecule has 35 heavy (non-hydrogen) atoms. The predicted octanol–water partition coefficient (Wildman–Crippen LogP) is 7.46. The van der Waals surface area contributed by atoms with Crippen LogP contribution in [0.3, 0.4) is 0 Å². The molecule has 2 amide bonds. The molecule has 0 aliphatic carbocycles. The van der Waals surface area contributed by atoms with E-state index < -0.39 is 0 Å². The highest BCUT2D eigenvalue weighted by Gasteiger charge is 2.32. The number of nitrogens with zero attached hydrogens (tertiary/aromatic N) is 2. The standard InChI is InChI=1S/C27H21ClN2O2S3/c1-17-8-10-18(11-9-17)15-24-26(32)29(27(33)35-24)14-4-7-25(31)30-20-5-2-3-6-22(20)34-23-13-12-19(28)16-21(23)30/h2-3,5-6,8-13,15-16H,4,7,14H2,1H3. The summed E-state index contributed by atoms with van der Waals surface area (Å²) < 4.78 is 0.526. The van der Waals surface area contributed by atoms with Gasteiger partial charge in [-0.15, -0.1) is 0 Å². The highest BCUT2D eigenvalue weighted by molar-refractivity contribution is 8.26. The molecule has 0 bridgehead atoms. The van der Waals surface area contributed by atoms with E-state index in [4.69, 9.17) is 23.8 Å². The van der Waals surface area contributed by atoms with Gasteiger partial charge in [0.05, 0.1) is 16.3 Å². The van der Waals surface area contributed by atoms with Crippen LogP contribution in [0.25, 0.3) is 6.08 Å². The van der Waals surface area contributed by atoms with Crippen molar-refractivity contribution in [1.29, 1.82) is 0 Å². The van der Waals surface area contributed by atoms with Gasteiger partial charge < -0.3 is 0 Å². The summed E-state index contributed by atoms with van der Waals surface area (Å²) in [6.45, 7) is 2.42. The number of carbonyl (C=O) groups excluding carboxylic acids is 2. The van der Waals surface area contributed by atoms with Gasteiger partial charge in [0.15, 0.2) is 0 Å². The minimum Gasteiger partial charge on any atom is -0.293 e. The molecule has 8 heteroatoms. The van der Waals surface area contributed by atoms with Crippen LogP contribution in [0.1, 0.15) is 24.0 Å². The van der Waals surface area contributed by atoms with Crippen LogP contribution < -0.4 is 4.90 Å². The van der Waals surface area contributed by atoms with Gasteiger partial charge in [-0.1, -0.05) is 89.3 Å². The van der Waals surface area contributed by atoms with Gasteiger partial charge in [-0.25, -0.2) is 0 Å². The number of benzene rings is 3. The lowest BCUT2D eigenvalue weighted by atomic mass is 10.1. The zero-order valence-corrected chi connectivity index (χ0v) is 22.1. The van der Waals surface area contributed by atoms with Gasteiger partial charge in [-0.05, 0) is 55.3 Å². The van der Waals surface area contributed by atoms with Crippen molar-refractivity contribution in [1.82, 2.24) is 4.90 Å². The van der Waals surface area contributed by atoms with E-state index in [1.807, 2.05) is 79.7 Å². The van der Waals surface area contributed by atoms with Gasteiger partial charge in [0, 0.05) is 27.8 Å². The van der Waals surface area contributed by atoms with Crippen LogP contribution in [-0.2, 0) is 9.59 Å². The number of hydrogen-bond donors (Lipinski definition) is 0. The Bertz CT molecular complexity index is 1370. The number of carbonyl (C=O) groups is 2. The lowest BCUT2D eigenvalue weighted by Crippen LogP contribution is -2.32. The van der Waals surface area contributed by atoms with Crippen molar-refractivity contribution >= 4 is 80.9 Å². The molecule has 3 aromatic carbocycles. The Hall–Kier alpha value is -2.58. The number of rotatable bonds is 5. The summed E-state index contributed by atoms with van der Waals surface area (Å²) in [5, 5.41) is 0.583. The molecular weight excluding hydrogens is 516 g/mol. The van der Waals surface area contributed by atoms with Crippen molar-refractivity contribution in [2.75, 3.05) is 11.4 Å². The Morgan fingerprint density at radius 1 is 1.00 bits per heavy atom. The molecule has 1 fully saturated rings. The summed E-state index contributed by atoms with van der Waals surface area (Å²) >= 11 is 14.7. The summed E-state index contributed by atoms with van der Waals surface area (Å²) in [6.07, 6.45) is 2.65. The fraction of sp³-hybridized carbons (Fsp3) is 0.148. The fourth-order valence-corrected chi connectivity index (χ4v) is 6.52. The van der Waals surface area contributed by atoms with E-state index in [0.717, 1.165) is 26.7 Å². The van der Waals surface area contributed by atoms with Gasteiger partial charge in [0.25, 0.3) is 5.91 Å². The van der Waals surface area contributed by atoms with Crippen LogP contribution >= 0.6 is 47.3 Å². The summed E-state index contributed by atoms with van der Waals surface area (Å²) in [6, 6.07) is 21.5. The number of halogens is 1. The Morgan fingerprint density at radius 2 is 1.74 bits per heavy atom. The molecule has 0 aromatic heterocycles. The first-order valence-corrected chi connectivity index (χ1v) is 13.5. The quantitative estimate of drug-likeness (QED) is 0.250. The molecule has 176 valence electrons. The number of anilines is 2. The van der Waals surface area contributed by atoms with Crippen molar-refractivity contribution in [3.63, 3.8) is 0 Å². The fourth-order valence-electron chi connectivity index (χ4n) is 4.00.